The van der Waals surface area contributed by atoms with Crippen molar-refractivity contribution < 1.29 is 24.3 Å². The minimum Gasteiger partial charge on any atom is -0.507 e. The summed E-state index contributed by atoms with van der Waals surface area (Å²) in [4.78, 5) is 28.8. The maximum atomic E-state index is 13.1. The number of amides is 1. The molecule has 0 unspecified atom stereocenters. The number of aliphatic hydroxyl groups excluding tert-OH is 1. The Morgan fingerprint density at radius 1 is 1.12 bits per heavy atom. The monoisotopic (exact) mass is 477 g/mol. The number of hydrogen-bond donors (Lipinski definition) is 2. The van der Waals surface area contributed by atoms with Crippen molar-refractivity contribution in [2.75, 3.05) is 34.3 Å². The third kappa shape index (κ3) is 4.77. The number of carbonyl (C=O) groups excluding carboxylic acids is 2. The first-order valence-electron chi connectivity index (χ1n) is 10.3. The van der Waals surface area contributed by atoms with E-state index in [1.165, 1.54) is 9.80 Å². The number of nitrogens with zero attached hydrogens (tertiary/aromatic N) is 1. The van der Waals surface area contributed by atoms with E-state index < -0.39 is 17.7 Å². The van der Waals surface area contributed by atoms with Gasteiger partial charge in [0, 0.05) is 18.5 Å². The van der Waals surface area contributed by atoms with Crippen molar-refractivity contribution in [3.05, 3.63) is 68.7 Å². The zero-order valence-electron chi connectivity index (χ0n) is 18.5. The van der Waals surface area contributed by atoms with Gasteiger partial charge in [-0.15, -0.1) is 0 Å². The zero-order chi connectivity index (χ0) is 23.6. The predicted molar refractivity (Wildman–Crippen MR) is 125 cm³/mol. The number of quaternary nitrogens is 1. The number of ketones is 1. The second-order valence-corrected chi connectivity index (χ2v) is 8.98. The van der Waals surface area contributed by atoms with E-state index in [-0.39, 0.29) is 11.3 Å². The number of likely N-dealkylation sites (tertiary alicyclic amines) is 1. The van der Waals surface area contributed by atoms with Crippen LogP contribution in [-0.2, 0) is 9.59 Å². The van der Waals surface area contributed by atoms with Crippen molar-refractivity contribution in [1.82, 2.24) is 4.90 Å². The molecule has 0 radical (unpaired) electrons. The number of methoxy groups -OCH3 is 1. The van der Waals surface area contributed by atoms with Crippen molar-refractivity contribution in [1.29, 1.82) is 0 Å². The molecule has 170 valence electrons. The molecule has 0 aromatic heterocycles. The number of halogens is 2. The van der Waals surface area contributed by atoms with E-state index in [2.05, 4.69) is 0 Å². The molecule has 1 aliphatic heterocycles. The number of ether oxygens (including phenoxy) is 1. The van der Waals surface area contributed by atoms with Gasteiger partial charge in [-0.05, 0) is 48.4 Å². The van der Waals surface area contributed by atoms with Gasteiger partial charge in [0.1, 0.15) is 11.5 Å². The Labute approximate surface area is 198 Å². The van der Waals surface area contributed by atoms with Gasteiger partial charge in [-0.2, -0.15) is 0 Å². The molecule has 1 fully saturated rings. The molecule has 0 bridgehead atoms. The number of nitrogens with one attached hydrogen (secondary N) is 1. The lowest BCUT2D eigenvalue weighted by Crippen LogP contribution is -3.05. The molecule has 3 rings (SSSR count). The Kier molecular flexibility index (Phi) is 7.49. The Bertz CT molecular complexity index is 1080. The summed E-state index contributed by atoms with van der Waals surface area (Å²) in [5, 5.41) is 11.8. The fourth-order valence-electron chi connectivity index (χ4n) is 3.92. The first-order chi connectivity index (χ1) is 15.1. The maximum absolute atomic E-state index is 13.1. The predicted octanol–water partition coefficient (Wildman–Crippen LogP) is 3.27. The number of Topliss-reactive ketones (excluding diaryl/α,β-unsaturated/α-hetero) is 1. The minimum absolute atomic E-state index is 0.0372. The van der Waals surface area contributed by atoms with Crippen LogP contribution in [0.4, 0.5) is 0 Å². The van der Waals surface area contributed by atoms with E-state index in [9.17, 15) is 14.7 Å². The van der Waals surface area contributed by atoms with Crippen LogP contribution in [0.3, 0.4) is 0 Å². The van der Waals surface area contributed by atoms with Crippen LogP contribution in [0.2, 0.25) is 10.0 Å². The van der Waals surface area contributed by atoms with Crippen LogP contribution in [0.15, 0.2) is 42.0 Å². The maximum Gasteiger partial charge on any atom is 0.295 e. The first-order valence-corrected chi connectivity index (χ1v) is 11.1. The van der Waals surface area contributed by atoms with Gasteiger partial charge in [0.15, 0.2) is 0 Å². The average Bonchev–Trinajstić information content (AvgIpc) is 3.00. The third-order valence-corrected chi connectivity index (χ3v) is 6.28. The second-order valence-electron chi connectivity index (χ2n) is 8.16. The van der Waals surface area contributed by atoms with Crippen molar-refractivity contribution in [2.24, 2.45) is 0 Å². The van der Waals surface area contributed by atoms with Gasteiger partial charge in [0.2, 0.25) is 0 Å². The molecule has 0 saturated carbocycles. The van der Waals surface area contributed by atoms with Gasteiger partial charge in [-0.25, -0.2) is 0 Å². The molecule has 0 spiro atoms. The Hall–Kier alpha value is -2.54. The van der Waals surface area contributed by atoms with Crippen molar-refractivity contribution in [3.8, 4) is 5.75 Å². The Balaban J connectivity index is 2.13. The molecule has 2 aromatic carbocycles. The highest BCUT2D eigenvalue weighted by Crippen LogP contribution is 2.41. The number of aliphatic hydroxyl groups is 1. The van der Waals surface area contributed by atoms with Crippen LogP contribution in [0.5, 0.6) is 5.75 Å². The summed E-state index contributed by atoms with van der Waals surface area (Å²) in [5.74, 6) is -0.925. The topological polar surface area (TPSA) is 71.3 Å². The number of benzene rings is 2. The van der Waals surface area contributed by atoms with Gasteiger partial charge in [0.25, 0.3) is 11.7 Å². The summed E-state index contributed by atoms with van der Waals surface area (Å²) in [6.07, 6.45) is 0.703. The van der Waals surface area contributed by atoms with Gasteiger partial charge in [-0.3, -0.25) is 9.59 Å². The molecule has 1 amide bonds. The van der Waals surface area contributed by atoms with E-state index in [4.69, 9.17) is 27.9 Å². The lowest BCUT2D eigenvalue weighted by molar-refractivity contribution is -0.858. The Morgan fingerprint density at radius 3 is 2.44 bits per heavy atom. The van der Waals surface area contributed by atoms with Crippen molar-refractivity contribution in [2.45, 2.75) is 19.4 Å². The number of hydrogen-bond acceptors (Lipinski definition) is 4. The molecule has 1 atom stereocenters. The molecule has 6 nitrogen and oxygen atoms in total. The third-order valence-electron chi connectivity index (χ3n) is 5.54. The van der Waals surface area contributed by atoms with Crippen LogP contribution in [0, 0.1) is 6.92 Å². The molecular formula is C24H27Cl2N2O4+. The number of aryl methyl sites for hydroxylation is 1. The summed E-state index contributed by atoms with van der Waals surface area (Å²) in [7, 11) is 5.61. The number of carbonyl (C=O) groups is 2. The fourth-order valence-corrected chi connectivity index (χ4v) is 4.23. The Morgan fingerprint density at radius 2 is 1.84 bits per heavy atom. The smallest absolute Gasteiger partial charge is 0.295 e. The largest absolute Gasteiger partial charge is 0.507 e. The lowest BCUT2D eigenvalue weighted by Gasteiger charge is -2.26. The second kappa shape index (κ2) is 9.94. The summed E-state index contributed by atoms with van der Waals surface area (Å²) < 4.78 is 5.28. The highest BCUT2D eigenvalue weighted by atomic mass is 35.5. The van der Waals surface area contributed by atoms with Crippen molar-refractivity contribution >= 4 is 40.7 Å². The molecule has 32 heavy (non-hydrogen) atoms. The summed E-state index contributed by atoms with van der Waals surface area (Å²) in [6, 6.07) is 9.33. The van der Waals surface area contributed by atoms with Crippen LogP contribution in [0.25, 0.3) is 5.76 Å². The normalized spacial score (nSPS) is 18.0. The first kappa shape index (κ1) is 24.1. The van der Waals surface area contributed by atoms with Gasteiger partial charge < -0.3 is 19.6 Å². The van der Waals surface area contributed by atoms with Crippen molar-refractivity contribution in [3.63, 3.8) is 0 Å². The summed E-state index contributed by atoms with van der Waals surface area (Å²) in [5.41, 5.74) is 1.88. The van der Waals surface area contributed by atoms with Crippen LogP contribution in [0.1, 0.15) is 29.2 Å². The zero-order valence-corrected chi connectivity index (χ0v) is 20.0. The minimum atomic E-state index is -0.760. The van der Waals surface area contributed by atoms with Gasteiger partial charge in [0.05, 0.1) is 49.4 Å². The van der Waals surface area contributed by atoms with Gasteiger partial charge in [-0.1, -0.05) is 29.3 Å². The SMILES string of the molecule is COc1ccc(C(O)=C2C(=O)C(=O)N(CCC[NH+](C)C)[C@H]2c2ccc(Cl)c(Cl)c2)cc1C. The van der Waals surface area contributed by atoms with Crippen LogP contribution >= 0.6 is 23.2 Å². The highest BCUT2D eigenvalue weighted by molar-refractivity contribution is 6.46. The summed E-state index contributed by atoms with van der Waals surface area (Å²) in [6.45, 7) is 3.04. The average molecular weight is 478 g/mol. The van der Waals surface area contributed by atoms with E-state index in [1.807, 2.05) is 21.0 Å². The van der Waals surface area contributed by atoms with E-state index in [0.717, 1.165) is 12.1 Å². The van der Waals surface area contributed by atoms with E-state index in [1.54, 1.807) is 43.5 Å². The van der Waals surface area contributed by atoms with Gasteiger partial charge >= 0.3 is 0 Å². The quantitative estimate of drug-likeness (QED) is 0.364. The molecular weight excluding hydrogens is 451 g/mol. The van der Waals surface area contributed by atoms with Crippen LogP contribution < -0.4 is 9.64 Å². The molecule has 2 aromatic rings. The molecule has 1 aliphatic rings. The molecule has 2 N–H and O–H groups in total. The molecule has 8 heteroatoms. The van der Waals surface area contributed by atoms with E-state index >= 15 is 0 Å². The molecule has 0 aliphatic carbocycles. The van der Waals surface area contributed by atoms with E-state index in [0.29, 0.717) is 39.9 Å². The number of rotatable bonds is 7. The lowest BCUT2D eigenvalue weighted by atomic mass is 9.94. The highest BCUT2D eigenvalue weighted by Gasteiger charge is 2.46. The standard InChI is InChI=1S/C24H26Cl2N2O4/c1-14-12-16(7-9-19(14)32-4)22(29)20-21(15-6-8-17(25)18(26)13-15)28(24(31)23(20)30)11-5-10-27(2)3/h6-9,12-13,21,29H,5,10-11H2,1-4H3/p+1/t21-/m0/s1. The fraction of sp³-hybridized carbons (Fsp3) is 0.333. The summed E-state index contributed by atoms with van der Waals surface area (Å²) >= 11 is 12.3. The molecule has 1 saturated heterocycles. The molecule has 1 heterocycles. The van der Waals surface area contributed by atoms with Crippen LogP contribution in [-0.4, -0.2) is 56.0 Å².